The topological polar surface area (TPSA) is 111 Å². The molecule has 0 fully saturated rings. The van der Waals surface area contributed by atoms with Crippen molar-refractivity contribution in [2.45, 2.75) is 6.10 Å². The Hall–Kier alpha value is -2.71. The van der Waals surface area contributed by atoms with E-state index >= 15 is 0 Å². The zero-order chi connectivity index (χ0) is 16.4. The first-order valence-corrected chi connectivity index (χ1v) is 7.21. The van der Waals surface area contributed by atoms with E-state index in [2.05, 4.69) is 15.3 Å². The van der Waals surface area contributed by atoms with Crippen LogP contribution in [0.5, 0.6) is 0 Å². The molecule has 0 aliphatic carbocycles. The molecule has 0 aliphatic heterocycles. The Labute approximate surface area is 135 Å². The van der Waals surface area contributed by atoms with E-state index in [-0.39, 0.29) is 22.8 Å². The van der Waals surface area contributed by atoms with E-state index in [4.69, 9.17) is 16.6 Å². The second kappa shape index (κ2) is 6.19. The summed E-state index contributed by atoms with van der Waals surface area (Å²) in [6.45, 7) is 0.00968. The largest absolute Gasteiger partial charge is 0.467 e. The second-order valence-electron chi connectivity index (χ2n) is 4.91. The Bertz CT molecular complexity index is 959. The van der Waals surface area contributed by atoms with Gasteiger partial charge in [-0.2, -0.15) is 0 Å². The number of rotatable bonds is 4. The molecule has 3 aromatic rings. The van der Waals surface area contributed by atoms with Gasteiger partial charge in [-0.15, -0.1) is 0 Å². The summed E-state index contributed by atoms with van der Waals surface area (Å²) in [6.07, 6.45) is 0.520. The van der Waals surface area contributed by atoms with Gasteiger partial charge in [0, 0.05) is 5.56 Å². The number of aliphatic hydroxyl groups is 1. The van der Waals surface area contributed by atoms with Crippen LogP contribution in [0, 0.1) is 4.77 Å². The summed E-state index contributed by atoms with van der Waals surface area (Å²) >= 11 is 4.91. The highest BCUT2D eigenvalue weighted by molar-refractivity contribution is 7.71. The van der Waals surface area contributed by atoms with Crippen molar-refractivity contribution in [1.29, 1.82) is 0 Å². The average Bonchev–Trinajstić information content (AvgIpc) is 3.06. The van der Waals surface area contributed by atoms with Crippen molar-refractivity contribution in [2.24, 2.45) is 0 Å². The molecule has 1 atom stereocenters. The third-order valence-electron chi connectivity index (χ3n) is 3.33. The van der Waals surface area contributed by atoms with E-state index in [1.165, 1.54) is 24.5 Å². The minimum atomic E-state index is -0.928. The molecule has 2 heterocycles. The summed E-state index contributed by atoms with van der Waals surface area (Å²) in [5.41, 5.74) is 0.502. The summed E-state index contributed by atoms with van der Waals surface area (Å²) < 4.78 is 5.25. The number of furan rings is 1. The van der Waals surface area contributed by atoms with Crippen LogP contribution < -0.4 is 10.9 Å². The number of aromatic amines is 2. The zero-order valence-electron chi connectivity index (χ0n) is 11.8. The lowest BCUT2D eigenvalue weighted by Crippen LogP contribution is -2.28. The lowest BCUT2D eigenvalue weighted by Gasteiger charge is -2.10. The molecule has 23 heavy (non-hydrogen) atoms. The third-order valence-corrected chi connectivity index (χ3v) is 3.53. The van der Waals surface area contributed by atoms with E-state index in [9.17, 15) is 14.7 Å². The van der Waals surface area contributed by atoms with Crippen LogP contribution >= 0.6 is 12.2 Å². The number of aromatic nitrogens is 2. The van der Waals surface area contributed by atoms with Gasteiger partial charge in [0.1, 0.15) is 11.9 Å². The van der Waals surface area contributed by atoms with Crippen molar-refractivity contribution in [3.8, 4) is 0 Å². The maximum Gasteiger partial charge on any atom is 0.259 e. The lowest BCUT2D eigenvalue weighted by molar-refractivity contribution is 0.0901. The summed E-state index contributed by atoms with van der Waals surface area (Å²) in [4.78, 5) is 29.2. The first-order valence-electron chi connectivity index (χ1n) is 6.80. The molecule has 118 valence electrons. The molecule has 1 unspecified atom stereocenters. The highest BCUT2D eigenvalue weighted by Crippen LogP contribution is 2.13. The Balaban J connectivity index is 1.78. The zero-order valence-corrected chi connectivity index (χ0v) is 12.6. The molecule has 3 rings (SSSR count). The van der Waals surface area contributed by atoms with E-state index in [0.29, 0.717) is 22.2 Å². The lowest BCUT2D eigenvalue weighted by atomic mass is 10.1. The number of carbonyl (C=O) groups is 1. The SMILES string of the molecule is O=C(NCC(O)c1ccco1)c1ccc2c(=O)[nH]c(=S)[nH]c2c1. The van der Waals surface area contributed by atoms with Gasteiger partial charge in [-0.3, -0.25) is 14.6 Å². The number of hydrogen-bond acceptors (Lipinski definition) is 5. The Morgan fingerprint density at radius 2 is 2.17 bits per heavy atom. The van der Waals surface area contributed by atoms with Crippen LogP contribution in [-0.2, 0) is 0 Å². The van der Waals surface area contributed by atoms with Crippen LogP contribution in [0.2, 0.25) is 0 Å². The standard InChI is InChI=1S/C15H13N3O4S/c19-11(12-2-1-5-22-12)7-16-13(20)8-3-4-9-10(6-8)17-15(23)18-14(9)21/h1-6,11,19H,7H2,(H,16,20)(H2,17,18,21,23). The number of H-pyrrole nitrogens is 2. The van der Waals surface area contributed by atoms with Gasteiger partial charge in [0.05, 0.1) is 23.7 Å². The fourth-order valence-electron chi connectivity index (χ4n) is 2.18. The van der Waals surface area contributed by atoms with E-state index in [1.807, 2.05) is 0 Å². The smallest absolute Gasteiger partial charge is 0.259 e. The van der Waals surface area contributed by atoms with Crippen molar-refractivity contribution in [2.75, 3.05) is 6.54 Å². The first kappa shape index (κ1) is 15.2. The predicted molar refractivity (Wildman–Crippen MR) is 85.8 cm³/mol. The van der Waals surface area contributed by atoms with Crippen LogP contribution in [0.1, 0.15) is 22.2 Å². The summed E-state index contributed by atoms with van der Waals surface area (Å²) in [6, 6.07) is 7.89. The number of aliphatic hydroxyl groups excluding tert-OH is 1. The molecule has 4 N–H and O–H groups in total. The quantitative estimate of drug-likeness (QED) is 0.543. The number of fused-ring (bicyclic) bond motifs is 1. The second-order valence-corrected chi connectivity index (χ2v) is 5.32. The number of amides is 1. The molecule has 2 aromatic heterocycles. The molecule has 0 saturated heterocycles. The molecule has 1 aromatic carbocycles. The molecule has 0 bridgehead atoms. The number of hydrogen-bond donors (Lipinski definition) is 4. The van der Waals surface area contributed by atoms with Gasteiger partial charge in [0.15, 0.2) is 4.77 Å². The molecular weight excluding hydrogens is 318 g/mol. The normalized spacial score (nSPS) is 12.2. The fraction of sp³-hybridized carbons (Fsp3) is 0.133. The fourth-order valence-corrected chi connectivity index (χ4v) is 2.39. The molecule has 7 nitrogen and oxygen atoms in total. The van der Waals surface area contributed by atoms with Gasteiger partial charge in [-0.1, -0.05) is 0 Å². The van der Waals surface area contributed by atoms with Gasteiger partial charge >= 0.3 is 0 Å². The average molecular weight is 331 g/mol. The maximum absolute atomic E-state index is 12.2. The van der Waals surface area contributed by atoms with Crippen LogP contribution in [0.15, 0.2) is 45.8 Å². The highest BCUT2D eigenvalue weighted by Gasteiger charge is 2.13. The van der Waals surface area contributed by atoms with Crippen molar-refractivity contribution in [3.05, 3.63) is 63.0 Å². The van der Waals surface area contributed by atoms with Crippen LogP contribution in [0.25, 0.3) is 10.9 Å². The molecule has 8 heteroatoms. The predicted octanol–water partition coefficient (Wildman–Crippen LogP) is 1.64. The van der Waals surface area contributed by atoms with Gasteiger partial charge in [-0.25, -0.2) is 0 Å². The van der Waals surface area contributed by atoms with Gasteiger partial charge in [-0.05, 0) is 42.5 Å². The Morgan fingerprint density at radius 3 is 2.91 bits per heavy atom. The maximum atomic E-state index is 12.2. The molecule has 0 saturated carbocycles. The minimum Gasteiger partial charge on any atom is -0.467 e. The van der Waals surface area contributed by atoms with Crippen molar-refractivity contribution < 1.29 is 14.3 Å². The van der Waals surface area contributed by atoms with Gasteiger partial charge in [0.25, 0.3) is 11.5 Å². The van der Waals surface area contributed by atoms with E-state index in [1.54, 1.807) is 12.1 Å². The molecule has 1 amide bonds. The molecule has 0 spiro atoms. The van der Waals surface area contributed by atoms with E-state index in [0.717, 1.165) is 0 Å². The van der Waals surface area contributed by atoms with Gasteiger partial charge < -0.3 is 19.8 Å². The first-order chi connectivity index (χ1) is 11.0. The van der Waals surface area contributed by atoms with Gasteiger partial charge in [0.2, 0.25) is 0 Å². The minimum absolute atomic E-state index is 0.00968. The summed E-state index contributed by atoms with van der Waals surface area (Å²) in [7, 11) is 0. The van der Waals surface area contributed by atoms with E-state index < -0.39 is 6.10 Å². The number of carbonyl (C=O) groups excluding carboxylic acids is 1. The molecule has 0 aliphatic rings. The number of benzene rings is 1. The third kappa shape index (κ3) is 3.22. The Kier molecular flexibility index (Phi) is 4.09. The monoisotopic (exact) mass is 331 g/mol. The van der Waals surface area contributed by atoms with Crippen LogP contribution in [-0.4, -0.2) is 27.5 Å². The summed E-state index contributed by atoms with van der Waals surface area (Å²) in [5.74, 6) is -0.00321. The van der Waals surface area contributed by atoms with Crippen molar-refractivity contribution in [3.63, 3.8) is 0 Å². The van der Waals surface area contributed by atoms with Crippen molar-refractivity contribution in [1.82, 2.24) is 15.3 Å². The highest BCUT2D eigenvalue weighted by atomic mass is 32.1. The molecular formula is C15H13N3O4S. The Morgan fingerprint density at radius 1 is 1.35 bits per heavy atom. The van der Waals surface area contributed by atoms with Crippen LogP contribution in [0.3, 0.4) is 0 Å². The molecule has 0 radical (unpaired) electrons. The van der Waals surface area contributed by atoms with Crippen molar-refractivity contribution >= 4 is 29.0 Å². The summed E-state index contributed by atoms with van der Waals surface area (Å²) in [5, 5.41) is 12.9. The number of nitrogens with one attached hydrogen (secondary N) is 3. The van der Waals surface area contributed by atoms with Crippen LogP contribution in [0.4, 0.5) is 0 Å².